The van der Waals surface area contributed by atoms with Gasteiger partial charge in [0.05, 0.1) is 6.61 Å². The van der Waals surface area contributed by atoms with Gasteiger partial charge in [0.25, 0.3) is 0 Å². The summed E-state index contributed by atoms with van der Waals surface area (Å²) in [7, 11) is 3.65. The summed E-state index contributed by atoms with van der Waals surface area (Å²) in [6, 6.07) is 1.36. The van der Waals surface area contributed by atoms with Gasteiger partial charge in [-0.05, 0) is 65.2 Å². The zero-order chi connectivity index (χ0) is 17.0. The molecule has 1 amide bonds. The predicted molar refractivity (Wildman–Crippen MR) is 91.6 cm³/mol. The normalized spacial score (nSPS) is 26.7. The van der Waals surface area contributed by atoms with Crippen LogP contribution in [-0.4, -0.2) is 55.5 Å². The number of carbonyl (C=O) groups is 1. The van der Waals surface area contributed by atoms with Crippen LogP contribution in [0.25, 0.3) is 0 Å². The van der Waals surface area contributed by atoms with Crippen LogP contribution in [0.2, 0.25) is 0 Å². The maximum absolute atomic E-state index is 12.2. The Hall–Kier alpha value is -0.810. The van der Waals surface area contributed by atoms with Crippen LogP contribution in [0.4, 0.5) is 4.79 Å². The quantitative estimate of drug-likeness (QED) is 0.814. The van der Waals surface area contributed by atoms with E-state index >= 15 is 0 Å². The smallest absolute Gasteiger partial charge is 0.410 e. The molecule has 1 N–H and O–H groups in total. The molecule has 0 aromatic heterocycles. The van der Waals surface area contributed by atoms with Crippen molar-refractivity contribution in [1.82, 2.24) is 10.2 Å². The Morgan fingerprint density at radius 3 is 2.26 bits per heavy atom. The van der Waals surface area contributed by atoms with E-state index in [0.717, 1.165) is 38.2 Å². The van der Waals surface area contributed by atoms with E-state index in [2.05, 4.69) is 5.32 Å². The highest BCUT2D eigenvalue weighted by Gasteiger charge is 2.34. The van der Waals surface area contributed by atoms with Gasteiger partial charge in [-0.2, -0.15) is 0 Å². The number of rotatable bonds is 6. The molecule has 2 rings (SSSR count). The summed E-state index contributed by atoms with van der Waals surface area (Å²) < 4.78 is 10.8. The highest BCUT2D eigenvalue weighted by molar-refractivity contribution is 5.68. The van der Waals surface area contributed by atoms with Gasteiger partial charge < -0.3 is 19.7 Å². The maximum Gasteiger partial charge on any atom is 0.410 e. The van der Waals surface area contributed by atoms with Gasteiger partial charge in [0, 0.05) is 32.3 Å². The van der Waals surface area contributed by atoms with Crippen LogP contribution >= 0.6 is 0 Å². The molecule has 2 aliphatic rings. The van der Waals surface area contributed by atoms with E-state index in [1.807, 2.05) is 27.8 Å². The summed E-state index contributed by atoms with van der Waals surface area (Å²) in [5.41, 5.74) is -0.429. The van der Waals surface area contributed by atoms with Crippen molar-refractivity contribution >= 4 is 6.09 Å². The first-order chi connectivity index (χ1) is 10.8. The molecule has 2 fully saturated rings. The van der Waals surface area contributed by atoms with Crippen molar-refractivity contribution in [2.45, 2.75) is 83.0 Å². The second-order valence-corrected chi connectivity index (χ2v) is 8.16. The summed E-state index contributed by atoms with van der Waals surface area (Å²) in [4.78, 5) is 14.0. The Labute approximate surface area is 141 Å². The Morgan fingerprint density at radius 1 is 1.17 bits per heavy atom. The standard InChI is InChI=1S/C18H34N2O3/c1-18(2,3)23-17(21)20(4)15-10-8-14(9-11-15)19-16(12-22-5)13-6-7-13/h13-16,19H,6-12H2,1-5H3. The third-order valence-corrected chi connectivity index (χ3v) is 4.91. The number of nitrogens with one attached hydrogen (secondary N) is 1. The first-order valence-electron chi connectivity index (χ1n) is 9.01. The third kappa shape index (κ3) is 5.96. The summed E-state index contributed by atoms with van der Waals surface area (Å²) in [6.07, 6.45) is 6.77. The number of carbonyl (C=O) groups excluding carboxylic acids is 1. The van der Waals surface area contributed by atoms with Crippen LogP contribution in [-0.2, 0) is 9.47 Å². The zero-order valence-corrected chi connectivity index (χ0v) is 15.4. The number of nitrogens with zero attached hydrogens (tertiary/aromatic N) is 1. The highest BCUT2D eigenvalue weighted by Crippen LogP contribution is 2.34. The Morgan fingerprint density at radius 2 is 1.78 bits per heavy atom. The van der Waals surface area contributed by atoms with E-state index in [0.29, 0.717) is 18.1 Å². The number of ether oxygens (including phenoxy) is 2. The third-order valence-electron chi connectivity index (χ3n) is 4.91. The van der Waals surface area contributed by atoms with Crippen LogP contribution < -0.4 is 5.32 Å². The van der Waals surface area contributed by atoms with Gasteiger partial charge in [-0.25, -0.2) is 4.79 Å². The zero-order valence-electron chi connectivity index (χ0n) is 15.4. The van der Waals surface area contributed by atoms with Gasteiger partial charge in [0.2, 0.25) is 0 Å². The van der Waals surface area contributed by atoms with E-state index in [-0.39, 0.29) is 6.09 Å². The molecule has 2 aliphatic carbocycles. The maximum atomic E-state index is 12.2. The molecular weight excluding hydrogens is 292 g/mol. The van der Waals surface area contributed by atoms with Gasteiger partial charge >= 0.3 is 6.09 Å². The topological polar surface area (TPSA) is 50.8 Å². The number of hydrogen-bond acceptors (Lipinski definition) is 4. The van der Waals surface area contributed by atoms with Crippen molar-refractivity contribution < 1.29 is 14.3 Å². The largest absolute Gasteiger partial charge is 0.444 e. The molecule has 1 unspecified atom stereocenters. The Bertz CT molecular complexity index is 382. The molecule has 0 aromatic carbocycles. The van der Waals surface area contributed by atoms with E-state index in [1.54, 1.807) is 12.0 Å². The lowest BCUT2D eigenvalue weighted by Gasteiger charge is -2.37. The molecule has 0 aromatic rings. The van der Waals surface area contributed by atoms with Gasteiger partial charge in [-0.1, -0.05) is 0 Å². The molecule has 0 aliphatic heterocycles. The minimum Gasteiger partial charge on any atom is -0.444 e. The van der Waals surface area contributed by atoms with Crippen molar-refractivity contribution in [3.8, 4) is 0 Å². The molecule has 23 heavy (non-hydrogen) atoms. The lowest BCUT2D eigenvalue weighted by molar-refractivity contribution is 0.0175. The predicted octanol–water partition coefficient (Wildman–Crippen LogP) is 3.18. The molecule has 0 saturated heterocycles. The Kier molecular flexibility index (Phi) is 6.32. The number of amides is 1. The molecule has 134 valence electrons. The van der Waals surface area contributed by atoms with Crippen molar-refractivity contribution in [2.24, 2.45) is 5.92 Å². The fraction of sp³-hybridized carbons (Fsp3) is 0.944. The second kappa shape index (κ2) is 7.84. The van der Waals surface area contributed by atoms with Gasteiger partial charge in [0.1, 0.15) is 5.60 Å². The summed E-state index contributed by atoms with van der Waals surface area (Å²) in [5.74, 6) is 0.803. The lowest BCUT2D eigenvalue weighted by atomic mass is 9.90. The number of methoxy groups -OCH3 is 1. The summed E-state index contributed by atoms with van der Waals surface area (Å²) >= 11 is 0. The van der Waals surface area contributed by atoms with Crippen molar-refractivity contribution in [2.75, 3.05) is 20.8 Å². The van der Waals surface area contributed by atoms with E-state index in [1.165, 1.54) is 12.8 Å². The first-order valence-corrected chi connectivity index (χ1v) is 9.01. The Balaban J connectivity index is 1.75. The molecule has 0 radical (unpaired) electrons. The van der Waals surface area contributed by atoms with E-state index in [9.17, 15) is 4.79 Å². The van der Waals surface area contributed by atoms with Gasteiger partial charge in [-0.15, -0.1) is 0 Å². The van der Waals surface area contributed by atoms with Crippen LogP contribution in [0.1, 0.15) is 59.3 Å². The minimum absolute atomic E-state index is 0.204. The minimum atomic E-state index is -0.429. The lowest BCUT2D eigenvalue weighted by Crippen LogP contribution is -2.48. The average molecular weight is 326 g/mol. The van der Waals surface area contributed by atoms with Gasteiger partial charge in [0.15, 0.2) is 0 Å². The van der Waals surface area contributed by atoms with Crippen LogP contribution in [0.3, 0.4) is 0 Å². The molecule has 5 nitrogen and oxygen atoms in total. The SMILES string of the molecule is COCC(NC1CCC(N(C)C(=O)OC(C)(C)C)CC1)C1CC1. The van der Waals surface area contributed by atoms with Crippen LogP contribution in [0.5, 0.6) is 0 Å². The summed E-state index contributed by atoms with van der Waals surface area (Å²) in [6.45, 7) is 6.54. The summed E-state index contributed by atoms with van der Waals surface area (Å²) in [5, 5.41) is 3.79. The fourth-order valence-electron chi connectivity index (χ4n) is 3.41. The van der Waals surface area contributed by atoms with E-state index < -0.39 is 5.60 Å². The molecule has 1 atom stereocenters. The number of hydrogen-bond donors (Lipinski definition) is 1. The molecule has 5 heteroatoms. The van der Waals surface area contributed by atoms with Gasteiger partial charge in [-0.3, -0.25) is 0 Å². The molecule has 0 bridgehead atoms. The molecule has 0 heterocycles. The van der Waals surface area contributed by atoms with E-state index in [4.69, 9.17) is 9.47 Å². The second-order valence-electron chi connectivity index (χ2n) is 8.16. The van der Waals surface area contributed by atoms with Crippen LogP contribution in [0.15, 0.2) is 0 Å². The average Bonchev–Trinajstić information content (AvgIpc) is 3.29. The van der Waals surface area contributed by atoms with Crippen LogP contribution in [0, 0.1) is 5.92 Å². The monoisotopic (exact) mass is 326 g/mol. The highest BCUT2D eigenvalue weighted by atomic mass is 16.6. The van der Waals surface area contributed by atoms with Crippen molar-refractivity contribution in [3.63, 3.8) is 0 Å². The molecule has 2 saturated carbocycles. The molecule has 0 spiro atoms. The fourth-order valence-corrected chi connectivity index (χ4v) is 3.41. The van der Waals surface area contributed by atoms with Crippen molar-refractivity contribution in [1.29, 1.82) is 0 Å². The van der Waals surface area contributed by atoms with Crippen molar-refractivity contribution in [3.05, 3.63) is 0 Å². The molecular formula is C18H34N2O3. The first kappa shape index (κ1) is 18.5.